The predicted molar refractivity (Wildman–Crippen MR) is 104 cm³/mol. The number of aromatic nitrogens is 2. The molecular formula is C18H22N4O5S. The first kappa shape index (κ1) is 20.0. The van der Waals surface area contributed by atoms with Gasteiger partial charge in [-0.15, -0.1) is 11.3 Å². The molecule has 3 heterocycles. The number of urea groups is 1. The summed E-state index contributed by atoms with van der Waals surface area (Å²) >= 11 is 1.09. The van der Waals surface area contributed by atoms with E-state index in [2.05, 4.69) is 15.6 Å². The number of carbonyl (C=O) groups excluding carboxylic acids is 3. The van der Waals surface area contributed by atoms with Gasteiger partial charge in [0.15, 0.2) is 6.61 Å². The molecule has 0 atom stereocenters. The quantitative estimate of drug-likeness (QED) is 0.743. The third kappa shape index (κ3) is 4.06. The van der Waals surface area contributed by atoms with Crippen molar-refractivity contribution >= 4 is 39.5 Å². The standard InChI is InChI=1S/C18H22N4O5S/c1-3-19-18(26)21-12(23)9-27-17(25)14-10(2)13-15(28-14)20-11-7-5-4-6-8-22(11)16(13)24/h3-9H2,1-2H3,(H2,19,21,23,26). The van der Waals surface area contributed by atoms with Crippen LogP contribution in [0.2, 0.25) is 0 Å². The van der Waals surface area contributed by atoms with Crippen molar-refractivity contribution < 1.29 is 19.1 Å². The molecule has 2 N–H and O–H groups in total. The van der Waals surface area contributed by atoms with E-state index in [0.717, 1.165) is 42.8 Å². The fourth-order valence-corrected chi connectivity index (χ4v) is 4.25. The van der Waals surface area contributed by atoms with Gasteiger partial charge in [-0.2, -0.15) is 0 Å². The van der Waals surface area contributed by atoms with E-state index in [0.29, 0.717) is 28.9 Å². The Morgan fingerprint density at radius 3 is 2.79 bits per heavy atom. The molecule has 2 aromatic heterocycles. The molecule has 3 amide bonds. The minimum absolute atomic E-state index is 0.135. The Labute approximate surface area is 165 Å². The highest BCUT2D eigenvalue weighted by Crippen LogP contribution is 2.28. The largest absolute Gasteiger partial charge is 0.451 e. The van der Waals surface area contributed by atoms with E-state index in [4.69, 9.17) is 4.74 Å². The number of imide groups is 1. The molecule has 0 aliphatic carbocycles. The van der Waals surface area contributed by atoms with E-state index < -0.39 is 24.5 Å². The van der Waals surface area contributed by atoms with Crippen LogP contribution in [0.25, 0.3) is 10.2 Å². The van der Waals surface area contributed by atoms with Crippen molar-refractivity contribution in [2.45, 2.75) is 46.1 Å². The minimum Gasteiger partial charge on any atom is -0.451 e. The number of aryl methyl sites for hydroxylation is 2. The molecule has 0 spiro atoms. The molecule has 1 aliphatic rings. The Bertz CT molecular complexity index is 994. The van der Waals surface area contributed by atoms with Crippen molar-refractivity contribution in [2.24, 2.45) is 0 Å². The molecule has 1 aliphatic heterocycles. The van der Waals surface area contributed by atoms with Crippen molar-refractivity contribution in [1.29, 1.82) is 0 Å². The van der Waals surface area contributed by atoms with Crippen LogP contribution in [0, 0.1) is 6.92 Å². The van der Waals surface area contributed by atoms with E-state index in [-0.39, 0.29) is 10.4 Å². The summed E-state index contributed by atoms with van der Waals surface area (Å²) in [6, 6.07) is -0.652. The number of hydrogen-bond acceptors (Lipinski definition) is 7. The molecule has 3 rings (SSSR count). The fourth-order valence-electron chi connectivity index (χ4n) is 3.17. The zero-order valence-electron chi connectivity index (χ0n) is 15.8. The van der Waals surface area contributed by atoms with Gasteiger partial charge in [0.1, 0.15) is 15.5 Å². The highest BCUT2D eigenvalue weighted by atomic mass is 32.1. The summed E-state index contributed by atoms with van der Waals surface area (Å²) in [6.07, 6.45) is 3.71. The first-order chi connectivity index (χ1) is 13.4. The lowest BCUT2D eigenvalue weighted by Gasteiger charge is -2.08. The first-order valence-electron chi connectivity index (χ1n) is 9.20. The van der Waals surface area contributed by atoms with Crippen molar-refractivity contribution in [3.8, 4) is 0 Å². The molecule has 28 heavy (non-hydrogen) atoms. The normalized spacial score (nSPS) is 13.5. The third-order valence-corrected chi connectivity index (χ3v) is 5.69. The maximum atomic E-state index is 12.9. The van der Waals surface area contributed by atoms with Crippen LogP contribution in [-0.2, 0) is 22.5 Å². The SMILES string of the molecule is CCNC(=O)NC(=O)COC(=O)c1sc2nc3n(c(=O)c2c1C)CCCCC3. The van der Waals surface area contributed by atoms with Crippen molar-refractivity contribution in [3.63, 3.8) is 0 Å². The molecule has 150 valence electrons. The van der Waals surface area contributed by atoms with Gasteiger partial charge in [-0.3, -0.25) is 19.5 Å². The summed E-state index contributed by atoms with van der Waals surface area (Å²) < 4.78 is 6.71. The van der Waals surface area contributed by atoms with E-state index >= 15 is 0 Å². The number of esters is 1. The molecular weight excluding hydrogens is 384 g/mol. The van der Waals surface area contributed by atoms with Gasteiger partial charge in [0.2, 0.25) is 0 Å². The second-order valence-electron chi connectivity index (χ2n) is 6.52. The third-order valence-electron chi connectivity index (χ3n) is 4.52. The second-order valence-corrected chi connectivity index (χ2v) is 7.51. The summed E-state index contributed by atoms with van der Waals surface area (Å²) in [4.78, 5) is 53.6. The van der Waals surface area contributed by atoms with Crippen LogP contribution < -0.4 is 16.2 Å². The molecule has 0 saturated carbocycles. The fraction of sp³-hybridized carbons (Fsp3) is 0.500. The minimum atomic E-state index is -0.733. The molecule has 2 aromatic rings. The van der Waals surface area contributed by atoms with Crippen molar-refractivity contribution in [2.75, 3.05) is 13.2 Å². The molecule has 0 radical (unpaired) electrons. The van der Waals surface area contributed by atoms with Crippen LogP contribution >= 0.6 is 11.3 Å². The summed E-state index contributed by atoms with van der Waals surface area (Å²) in [6.45, 7) is 3.80. The molecule has 0 saturated heterocycles. The topological polar surface area (TPSA) is 119 Å². The first-order valence-corrected chi connectivity index (χ1v) is 10.0. The Morgan fingerprint density at radius 1 is 1.25 bits per heavy atom. The van der Waals surface area contributed by atoms with Crippen LogP contribution in [0.1, 0.15) is 47.2 Å². The van der Waals surface area contributed by atoms with Gasteiger partial charge in [-0.25, -0.2) is 14.6 Å². The van der Waals surface area contributed by atoms with Gasteiger partial charge in [0.25, 0.3) is 11.5 Å². The lowest BCUT2D eigenvalue weighted by atomic mass is 10.2. The van der Waals surface area contributed by atoms with Gasteiger partial charge in [-0.1, -0.05) is 6.42 Å². The number of hydrogen-bond donors (Lipinski definition) is 2. The second kappa shape index (κ2) is 8.51. The smallest absolute Gasteiger partial charge is 0.349 e. The summed E-state index contributed by atoms with van der Waals surface area (Å²) in [5.41, 5.74) is 0.370. The maximum Gasteiger partial charge on any atom is 0.349 e. The van der Waals surface area contributed by atoms with Gasteiger partial charge >= 0.3 is 12.0 Å². The van der Waals surface area contributed by atoms with Gasteiger partial charge in [-0.05, 0) is 32.3 Å². The number of nitrogens with zero attached hydrogens (tertiary/aromatic N) is 2. The number of rotatable bonds is 4. The van der Waals surface area contributed by atoms with Gasteiger partial charge in [0.05, 0.1) is 5.39 Å². The lowest BCUT2D eigenvalue weighted by molar-refractivity contribution is -0.123. The zero-order chi connectivity index (χ0) is 20.3. The molecule has 0 bridgehead atoms. The highest BCUT2D eigenvalue weighted by molar-refractivity contribution is 7.20. The average Bonchev–Trinajstić information content (AvgIpc) is 2.82. The van der Waals surface area contributed by atoms with E-state index in [1.807, 2.05) is 0 Å². The Morgan fingerprint density at radius 2 is 2.04 bits per heavy atom. The van der Waals surface area contributed by atoms with Crippen molar-refractivity contribution in [1.82, 2.24) is 20.2 Å². The van der Waals surface area contributed by atoms with Crippen LogP contribution in [0.4, 0.5) is 4.79 Å². The molecule has 0 fully saturated rings. The summed E-state index contributed by atoms with van der Waals surface area (Å²) in [5.74, 6) is -0.702. The summed E-state index contributed by atoms with van der Waals surface area (Å²) in [7, 11) is 0. The zero-order valence-corrected chi connectivity index (χ0v) is 16.6. The van der Waals surface area contributed by atoms with E-state index in [9.17, 15) is 19.2 Å². The Kier molecular flexibility index (Phi) is 6.08. The van der Waals surface area contributed by atoms with Crippen molar-refractivity contribution in [3.05, 3.63) is 26.6 Å². The van der Waals surface area contributed by atoms with Crippen LogP contribution in [0.3, 0.4) is 0 Å². The average molecular weight is 406 g/mol. The highest BCUT2D eigenvalue weighted by Gasteiger charge is 2.23. The maximum absolute atomic E-state index is 12.9. The number of fused-ring (bicyclic) bond motifs is 2. The van der Waals surface area contributed by atoms with Crippen LogP contribution in [0.15, 0.2) is 4.79 Å². The number of ether oxygens (including phenoxy) is 1. The number of thiophene rings is 1. The Hall–Kier alpha value is -2.75. The number of amides is 3. The lowest BCUT2D eigenvalue weighted by Crippen LogP contribution is -2.41. The monoisotopic (exact) mass is 406 g/mol. The Balaban J connectivity index is 1.80. The van der Waals surface area contributed by atoms with E-state index in [1.54, 1.807) is 18.4 Å². The molecule has 0 aromatic carbocycles. The molecule has 9 nitrogen and oxygen atoms in total. The van der Waals surface area contributed by atoms with Crippen LogP contribution in [-0.4, -0.2) is 40.6 Å². The summed E-state index contributed by atoms with van der Waals surface area (Å²) in [5, 5.41) is 4.88. The van der Waals surface area contributed by atoms with Gasteiger partial charge < -0.3 is 10.1 Å². The van der Waals surface area contributed by atoms with Crippen LogP contribution in [0.5, 0.6) is 0 Å². The number of carbonyl (C=O) groups is 3. The number of nitrogens with one attached hydrogen (secondary N) is 2. The van der Waals surface area contributed by atoms with E-state index in [1.165, 1.54) is 0 Å². The molecule has 10 heteroatoms. The molecule has 0 unspecified atom stereocenters. The predicted octanol–water partition coefficient (Wildman–Crippen LogP) is 1.50. The van der Waals surface area contributed by atoms with Gasteiger partial charge in [0, 0.05) is 19.5 Å².